The maximum Gasteiger partial charge on any atom is 0.356 e. The minimum atomic E-state index is -1.14. The van der Waals surface area contributed by atoms with Crippen LogP contribution in [0.4, 0.5) is 0 Å². The highest BCUT2D eigenvalue weighted by molar-refractivity contribution is 6.33. The van der Waals surface area contributed by atoms with Gasteiger partial charge in [-0.15, -0.1) is 0 Å². The summed E-state index contributed by atoms with van der Waals surface area (Å²) in [6.45, 7) is -0.0346. The Hall–Kier alpha value is -2.54. The number of hydrogen-bond acceptors (Lipinski definition) is 5. The van der Waals surface area contributed by atoms with E-state index in [1.807, 2.05) is 0 Å². The Morgan fingerprint density at radius 3 is 2.76 bits per heavy atom. The molecule has 2 heterocycles. The zero-order valence-electron chi connectivity index (χ0n) is 10.8. The summed E-state index contributed by atoms with van der Waals surface area (Å²) in [6.07, 6.45) is 0.589. The first-order chi connectivity index (χ1) is 10.0. The van der Waals surface area contributed by atoms with E-state index in [-0.39, 0.29) is 28.8 Å². The Morgan fingerprint density at radius 1 is 1.43 bits per heavy atom. The molecule has 7 nitrogen and oxygen atoms in total. The zero-order chi connectivity index (χ0) is 15.1. The third-order valence-corrected chi connectivity index (χ3v) is 3.44. The van der Waals surface area contributed by atoms with Crippen molar-refractivity contribution >= 4 is 23.9 Å². The fraction of sp³-hybridized carbons (Fsp3) is 0.154. The fourth-order valence-corrected chi connectivity index (χ4v) is 2.42. The van der Waals surface area contributed by atoms with Crippen LogP contribution in [0.5, 0.6) is 11.5 Å². The quantitative estimate of drug-likeness (QED) is 0.872. The van der Waals surface area contributed by atoms with E-state index in [1.165, 1.54) is 16.8 Å². The van der Waals surface area contributed by atoms with E-state index in [9.17, 15) is 9.59 Å². The molecule has 0 spiro atoms. The highest BCUT2D eigenvalue weighted by atomic mass is 35.5. The van der Waals surface area contributed by atoms with Crippen LogP contribution in [0, 0.1) is 0 Å². The Kier molecular flexibility index (Phi) is 3.06. The number of halogens is 1. The van der Waals surface area contributed by atoms with Crippen LogP contribution in [0.1, 0.15) is 20.8 Å². The first kappa shape index (κ1) is 13.4. The van der Waals surface area contributed by atoms with Gasteiger partial charge in [0.1, 0.15) is 0 Å². The second-order valence-electron chi connectivity index (χ2n) is 4.35. The number of benzene rings is 1. The Labute approximate surface area is 123 Å². The van der Waals surface area contributed by atoms with E-state index < -0.39 is 5.97 Å². The van der Waals surface area contributed by atoms with Crippen LogP contribution in [-0.2, 0) is 7.05 Å². The first-order valence-electron chi connectivity index (χ1n) is 5.88. The number of nitrogens with zero attached hydrogens (tertiary/aromatic N) is 2. The second kappa shape index (κ2) is 4.78. The van der Waals surface area contributed by atoms with Crippen LogP contribution in [0.3, 0.4) is 0 Å². The number of carboxylic acids is 1. The monoisotopic (exact) mass is 308 g/mol. The first-order valence-corrected chi connectivity index (χ1v) is 6.25. The van der Waals surface area contributed by atoms with Crippen molar-refractivity contribution < 1.29 is 24.2 Å². The van der Waals surface area contributed by atoms with E-state index in [4.69, 9.17) is 26.2 Å². The van der Waals surface area contributed by atoms with Crippen molar-refractivity contribution in [1.29, 1.82) is 0 Å². The van der Waals surface area contributed by atoms with Gasteiger partial charge in [-0.05, 0) is 12.1 Å². The van der Waals surface area contributed by atoms with Gasteiger partial charge in [0.15, 0.2) is 23.5 Å². The van der Waals surface area contributed by atoms with Crippen LogP contribution in [-0.4, -0.2) is 33.9 Å². The molecule has 1 aromatic carbocycles. The average Bonchev–Trinajstić information content (AvgIpc) is 3.04. The van der Waals surface area contributed by atoms with Crippen molar-refractivity contribution in [2.45, 2.75) is 0 Å². The summed E-state index contributed by atoms with van der Waals surface area (Å²) in [5, 5.41) is 13.1. The summed E-state index contributed by atoms with van der Waals surface area (Å²) in [6, 6.07) is 2.93. The molecule has 0 unspecified atom stereocenters. The van der Waals surface area contributed by atoms with Gasteiger partial charge in [0.2, 0.25) is 6.79 Å². The number of aldehydes is 1. The molecule has 3 rings (SSSR count). The molecule has 2 aromatic rings. The number of fused-ring (bicyclic) bond motifs is 1. The van der Waals surface area contributed by atoms with Gasteiger partial charge in [0.25, 0.3) is 0 Å². The summed E-state index contributed by atoms with van der Waals surface area (Å²) in [4.78, 5) is 22.1. The minimum Gasteiger partial charge on any atom is -0.476 e. The fourth-order valence-electron chi connectivity index (χ4n) is 2.18. The minimum absolute atomic E-state index is 0.0346. The molecule has 1 N–H and O–H groups in total. The number of carbonyl (C=O) groups is 2. The number of carboxylic acid groups (broad SMARTS) is 1. The predicted molar refractivity (Wildman–Crippen MR) is 72.1 cm³/mol. The van der Waals surface area contributed by atoms with Crippen molar-refractivity contribution in [3.8, 4) is 22.8 Å². The molecule has 1 aromatic heterocycles. The number of ether oxygens (including phenoxy) is 2. The van der Waals surface area contributed by atoms with Crippen LogP contribution >= 0.6 is 11.6 Å². The number of aromatic nitrogens is 2. The number of aryl methyl sites for hydroxylation is 1. The molecule has 1 aliphatic heterocycles. The highest BCUT2D eigenvalue weighted by Gasteiger charge is 2.27. The molecule has 0 saturated carbocycles. The number of aromatic carboxylic acids is 1. The molecule has 0 amide bonds. The molecular formula is C13H9ClN2O5. The number of hydrogen-bond donors (Lipinski definition) is 1. The van der Waals surface area contributed by atoms with E-state index in [2.05, 4.69) is 5.10 Å². The van der Waals surface area contributed by atoms with E-state index >= 15 is 0 Å². The lowest BCUT2D eigenvalue weighted by atomic mass is 10.1. The van der Waals surface area contributed by atoms with Gasteiger partial charge >= 0.3 is 5.97 Å². The largest absolute Gasteiger partial charge is 0.476 e. The smallest absolute Gasteiger partial charge is 0.356 e. The van der Waals surface area contributed by atoms with Crippen molar-refractivity contribution in [3.05, 3.63) is 28.4 Å². The molecule has 0 radical (unpaired) electrons. The van der Waals surface area contributed by atoms with Crippen molar-refractivity contribution in [1.82, 2.24) is 9.78 Å². The lowest BCUT2D eigenvalue weighted by molar-refractivity contribution is 0.0689. The lowest BCUT2D eigenvalue weighted by Crippen LogP contribution is -1.99. The van der Waals surface area contributed by atoms with Gasteiger partial charge in [-0.1, -0.05) is 11.6 Å². The molecule has 108 valence electrons. The van der Waals surface area contributed by atoms with Gasteiger partial charge in [0.05, 0.1) is 16.3 Å². The van der Waals surface area contributed by atoms with Crippen LogP contribution in [0.2, 0.25) is 5.02 Å². The average molecular weight is 309 g/mol. The maximum absolute atomic E-state index is 11.1. The van der Waals surface area contributed by atoms with Gasteiger partial charge in [-0.25, -0.2) is 4.79 Å². The molecule has 1 aliphatic rings. The molecule has 0 fully saturated rings. The Morgan fingerprint density at radius 2 is 2.14 bits per heavy atom. The summed E-state index contributed by atoms with van der Waals surface area (Å²) in [5.74, 6) is -0.534. The SMILES string of the molecule is Cn1nc(C(=O)O)cc1-c1cc(Cl)c(C=O)c2c1OCO2. The van der Waals surface area contributed by atoms with Gasteiger partial charge in [-0.3, -0.25) is 9.48 Å². The summed E-state index contributed by atoms with van der Waals surface area (Å²) in [5.41, 5.74) is 1.11. The van der Waals surface area contributed by atoms with E-state index in [0.717, 1.165) is 0 Å². The van der Waals surface area contributed by atoms with Gasteiger partial charge < -0.3 is 14.6 Å². The lowest BCUT2D eigenvalue weighted by Gasteiger charge is -2.09. The highest BCUT2D eigenvalue weighted by Crippen LogP contribution is 2.46. The van der Waals surface area contributed by atoms with E-state index in [1.54, 1.807) is 7.05 Å². The summed E-state index contributed by atoms with van der Waals surface area (Å²) >= 11 is 6.07. The molecule has 0 saturated heterocycles. The maximum atomic E-state index is 11.1. The normalized spacial score (nSPS) is 12.5. The third-order valence-electron chi connectivity index (χ3n) is 3.12. The van der Waals surface area contributed by atoms with Crippen molar-refractivity contribution in [2.75, 3.05) is 6.79 Å². The van der Waals surface area contributed by atoms with Gasteiger partial charge in [0, 0.05) is 12.6 Å². The molecule has 0 bridgehead atoms. The van der Waals surface area contributed by atoms with Crippen molar-refractivity contribution in [3.63, 3.8) is 0 Å². The molecule has 8 heteroatoms. The van der Waals surface area contributed by atoms with Crippen molar-refractivity contribution in [2.24, 2.45) is 7.05 Å². The Bertz CT molecular complexity index is 768. The molecule has 0 atom stereocenters. The third kappa shape index (κ3) is 2.02. The van der Waals surface area contributed by atoms with Crippen LogP contribution in [0.15, 0.2) is 12.1 Å². The zero-order valence-corrected chi connectivity index (χ0v) is 11.5. The number of carbonyl (C=O) groups excluding carboxylic acids is 1. The molecule has 0 aliphatic carbocycles. The predicted octanol–water partition coefficient (Wildman–Crippen LogP) is 1.98. The summed E-state index contributed by atoms with van der Waals surface area (Å²) < 4.78 is 12.1. The summed E-state index contributed by atoms with van der Waals surface area (Å²) in [7, 11) is 1.60. The van der Waals surface area contributed by atoms with E-state index in [0.29, 0.717) is 23.3 Å². The standard InChI is InChI=1S/C13H9ClN2O5/c1-16-10(3-9(15-16)13(18)19)6-2-8(14)7(4-17)12-11(6)20-5-21-12/h2-4H,5H2,1H3,(H,18,19). The van der Waals surface area contributed by atoms with Crippen LogP contribution < -0.4 is 9.47 Å². The Balaban J connectivity index is 2.25. The second-order valence-corrected chi connectivity index (χ2v) is 4.75. The topological polar surface area (TPSA) is 90.7 Å². The number of rotatable bonds is 3. The van der Waals surface area contributed by atoms with Gasteiger partial charge in [-0.2, -0.15) is 5.10 Å². The molecule has 21 heavy (non-hydrogen) atoms. The molecular weight excluding hydrogens is 300 g/mol. The van der Waals surface area contributed by atoms with Crippen LogP contribution in [0.25, 0.3) is 11.3 Å².